The second-order valence-electron chi connectivity index (χ2n) is 6.71. The number of benzene rings is 1. The van der Waals surface area contributed by atoms with Crippen LogP contribution in [0.1, 0.15) is 38.1 Å². The maximum absolute atomic E-state index is 12.7. The third-order valence-electron chi connectivity index (χ3n) is 4.16. The van der Waals surface area contributed by atoms with Crippen LogP contribution >= 0.6 is 0 Å². The number of anilines is 1. The molecule has 0 fully saturated rings. The van der Waals surface area contributed by atoms with Gasteiger partial charge in [0, 0.05) is 38.6 Å². The number of pyridine rings is 1. The highest BCUT2D eigenvalue weighted by molar-refractivity contribution is 5.75. The molecule has 25 heavy (non-hydrogen) atoms. The van der Waals surface area contributed by atoms with Gasteiger partial charge in [-0.15, -0.1) is 0 Å². The number of carbonyl (C=O) groups excluding carboxylic acids is 1. The van der Waals surface area contributed by atoms with Crippen molar-refractivity contribution in [1.29, 1.82) is 0 Å². The molecule has 5 nitrogen and oxygen atoms in total. The maximum Gasteiger partial charge on any atom is 0.318 e. The Hall–Kier alpha value is -2.56. The van der Waals surface area contributed by atoms with Gasteiger partial charge in [-0.2, -0.15) is 0 Å². The summed E-state index contributed by atoms with van der Waals surface area (Å²) < 4.78 is 0. The van der Waals surface area contributed by atoms with Gasteiger partial charge in [0.15, 0.2) is 0 Å². The topological polar surface area (TPSA) is 48.5 Å². The molecule has 0 saturated carbocycles. The summed E-state index contributed by atoms with van der Waals surface area (Å²) in [5.41, 5.74) is 3.11. The van der Waals surface area contributed by atoms with Gasteiger partial charge in [-0.05, 0) is 50.6 Å². The number of carbonyl (C=O) groups is 1. The third kappa shape index (κ3) is 5.21. The van der Waals surface area contributed by atoms with Crippen LogP contribution in [0.4, 0.5) is 10.5 Å². The largest absolute Gasteiger partial charge is 0.378 e. The number of rotatable bonds is 6. The molecule has 0 bridgehead atoms. The minimum atomic E-state index is -0.133. The summed E-state index contributed by atoms with van der Waals surface area (Å²) in [6.07, 6.45) is 1.74. The zero-order chi connectivity index (χ0) is 18.4. The van der Waals surface area contributed by atoms with Crippen molar-refractivity contribution in [2.45, 2.75) is 39.4 Å². The maximum atomic E-state index is 12.7. The molecule has 0 saturated heterocycles. The summed E-state index contributed by atoms with van der Waals surface area (Å²) in [5.74, 6) is 0. The standard InChI is InChI=1S/C20H28N4O/c1-15(2)24(14-17-9-11-18(12-10-17)23(4)5)20(25)22-16(3)19-8-6-7-13-21-19/h6-13,15-16H,14H2,1-5H3,(H,22,25)/t16-/m1/s1. The van der Waals surface area contributed by atoms with Crippen molar-refractivity contribution in [3.05, 3.63) is 59.9 Å². The van der Waals surface area contributed by atoms with Crippen molar-refractivity contribution < 1.29 is 4.79 Å². The van der Waals surface area contributed by atoms with Crippen LogP contribution in [0.3, 0.4) is 0 Å². The monoisotopic (exact) mass is 340 g/mol. The van der Waals surface area contributed by atoms with Crippen LogP contribution in [-0.2, 0) is 6.54 Å². The Morgan fingerprint density at radius 2 is 1.76 bits per heavy atom. The first kappa shape index (κ1) is 18.8. The van der Waals surface area contributed by atoms with Crippen LogP contribution in [0.25, 0.3) is 0 Å². The van der Waals surface area contributed by atoms with E-state index in [9.17, 15) is 4.79 Å². The molecule has 0 spiro atoms. The first-order chi connectivity index (χ1) is 11.9. The smallest absolute Gasteiger partial charge is 0.318 e. The van der Waals surface area contributed by atoms with Gasteiger partial charge in [0.1, 0.15) is 0 Å². The van der Waals surface area contributed by atoms with Crippen molar-refractivity contribution in [2.24, 2.45) is 0 Å². The molecule has 1 atom stereocenters. The first-order valence-electron chi connectivity index (χ1n) is 8.62. The van der Waals surface area contributed by atoms with E-state index >= 15 is 0 Å². The van der Waals surface area contributed by atoms with E-state index in [0.717, 1.165) is 16.9 Å². The van der Waals surface area contributed by atoms with Crippen LogP contribution in [0.5, 0.6) is 0 Å². The van der Waals surface area contributed by atoms with E-state index in [1.807, 2.05) is 58.0 Å². The van der Waals surface area contributed by atoms with Crippen molar-refractivity contribution >= 4 is 11.7 Å². The fraction of sp³-hybridized carbons (Fsp3) is 0.400. The summed E-state index contributed by atoms with van der Waals surface area (Å²) in [6.45, 7) is 6.58. The molecule has 2 aromatic rings. The predicted octanol–water partition coefficient (Wildman–Crippen LogP) is 3.83. The molecule has 0 unspecified atom stereocenters. The SMILES string of the molecule is CC(C)N(Cc1ccc(N(C)C)cc1)C(=O)N[C@H](C)c1ccccn1. The van der Waals surface area contributed by atoms with Crippen LogP contribution in [0.2, 0.25) is 0 Å². The zero-order valence-corrected chi connectivity index (χ0v) is 15.7. The van der Waals surface area contributed by atoms with Crippen LogP contribution < -0.4 is 10.2 Å². The van der Waals surface area contributed by atoms with Gasteiger partial charge in [-0.3, -0.25) is 4.98 Å². The first-order valence-corrected chi connectivity index (χ1v) is 8.62. The lowest BCUT2D eigenvalue weighted by Crippen LogP contribution is -2.44. The Bertz CT molecular complexity index is 668. The zero-order valence-electron chi connectivity index (χ0n) is 15.7. The molecule has 0 aliphatic rings. The molecule has 5 heteroatoms. The van der Waals surface area contributed by atoms with E-state index in [2.05, 4.69) is 39.5 Å². The summed E-state index contributed by atoms with van der Waals surface area (Å²) in [6, 6.07) is 13.9. The molecule has 134 valence electrons. The molecule has 0 radical (unpaired) electrons. The average Bonchev–Trinajstić information content (AvgIpc) is 2.60. The fourth-order valence-electron chi connectivity index (χ4n) is 2.56. The Morgan fingerprint density at radius 3 is 2.28 bits per heavy atom. The summed E-state index contributed by atoms with van der Waals surface area (Å²) >= 11 is 0. The number of urea groups is 1. The number of nitrogens with zero attached hydrogens (tertiary/aromatic N) is 3. The molecule has 2 amide bonds. The molecule has 1 aromatic heterocycles. The highest BCUT2D eigenvalue weighted by atomic mass is 16.2. The Labute approximate surface area is 150 Å². The van der Waals surface area contributed by atoms with E-state index in [0.29, 0.717) is 6.54 Å². The number of hydrogen-bond donors (Lipinski definition) is 1. The van der Waals surface area contributed by atoms with Gasteiger partial charge >= 0.3 is 6.03 Å². The van der Waals surface area contributed by atoms with Crippen molar-refractivity contribution in [3.63, 3.8) is 0 Å². The lowest BCUT2D eigenvalue weighted by atomic mass is 10.1. The lowest BCUT2D eigenvalue weighted by Gasteiger charge is -2.29. The Kier molecular flexibility index (Phi) is 6.39. The van der Waals surface area contributed by atoms with Crippen molar-refractivity contribution in [3.8, 4) is 0 Å². The third-order valence-corrected chi connectivity index (χ3v) is 4.16. The Morgan fingerprint density at radius 1 is 1.08 bits per heavy atom. The fourth-order valence-corrected chi connectivity index (χ4v) is 2.56. The number of nitrogens with one attached hydrogen (secondary N) is 1. The van der Waals surface area contributed by atoms with Crippen LogP contribution in [-0.4, -0.2) is 36.1 Å². The number of amides is 2. The number of aromatic nitrogens is 1. The van der Waals surface area contributed by atoms with Crippen LogP contribution in [0, 0.1) is 0 Å². The van der Waals surface area contributed by atoms with E-state index in [4.69, 9.17) is 0 Å². The second kappa shape index (κ2) is 8.51. The molecule has 2 rings (SSSR count). The van der Waals surface area contributed by atoms with Gasteiger partial charge in [0.05, 0.1) is 11.7 Å². The van der Waals surface area contributed by atoms with E-state index in [-0.39, 0.29) is 18.1 Å². The van der Waals surface area contributed by atoms with E-state index in [1.165, 1.54) is 0 Å². The average molecular weight is 340 g/mol. The Balaban J connectivity index is 2.05. The van der Waals surface area contributed by atoms with Crippen molar-refractivity contribution in [2.75, 3.05) is 19.0 Å². The van der Waals surface area contributed by atoms with Gasteiger partial charge in [0.2, 0.25) is 0 Å². The summed E-state index contributed by atoms with van der Waals surface area (Å²) in [7, 11) is 4.03. The second-order valence-corrected chi connectivity index (χ2v) is 6.71. The van der Waals surface area contributed by atoms with E-state index in [1.54, 1.807) is 6.20 Å². The van der Waals surface area contributed by atoms with E-state index < -0.39 is 0 Å². The van der Waals surface area contributed by atoms with Gasteiger partial charge in [-0.1, -0.05) is 18.2 Å². The molecule has 1 N–H and O–H groups in total. The summed E-state index contributed by atoms with van der Waals surface area (Å²) in [5, 5.41) is 3.04. The molecule has 1 aromatic carbocycles. The molecule has 0 aliphatic heterocycles. The highest BCUT2D eigenvalue weighted by Crippen LogP contribution is 2.16. The quantitative estimate of drug-likeness (QED) is 0.869. The normalized spacial score (nSPS) is 11.9. The van der Waals surface area contributed by atoms with Gasteiger partial charge in [-0.25, -0.2) is 4.79 Å². The predicted molar refractivity (Wildman–Crippen MR) is 103 cm³/mol. The summed E-state index contributed by atoms with van der Waals surface area (Å²) in [4.78, 5) is 20.9. The molecular formula is C20H28N4O. The molecular weight excluding hydrogens is 312 g/mol. The van der Waals surface area contributed by atoms with Gasteiger partial charge < -0.3 is 15.1 Å². The highest BCUT2D eigenvalue weighted by Gasteiger charge is 2.20. The van der Waals surface area contributed by atoms with Crippen molar-refractivity contribution in [1.82, 2.24) is 15.2 Å². The van der Waals surface area contributed by atoms with Gasteiger partial charge in [0.25, 0.3) is 0 Å². The number of hydrogen-bond acceptors (Lipinski definition) is 3. The molecule has 0 aliphatic carbocycles. The van der Waals surface area contributed by atoms with Crippen LogP contribution in [0.15, 0.2) is 48.7 Å². The molecule has 1 heterocycles. The minimum Gasteiger partial charge on any atom is -0.378 e. The lowest BCUT2D eigenvalue weighted by molar-refractivity contribution is 0.176. The minimum absolute atomic E-state index is 0.0789.